The number of aromatic amines is 1. The van der Waals surface area contributed by atoms with Crippen molar-refractivity contribution in [2.75, 3.05) is 11.4 Å². The van der Waals surface area contributed by atoms with Crippen LogP contribution in [0.5, 0.6) is 0 Å². The lowest BCUT2D eigenvalue weighted by Gasteiger charge is -2.23. The average Bonchev–Trinajstić information content (AvgIpc) is 3.47. The van der Waals surface area contributed by atoms with Gasteiger partial charge in [-0.15, -0.1) is 0 Å². The van der Waals surface area contributed by atoms with E-state index in [-0.39, 0.29) is 11.4 Å². The number of para-hydroxylation sites is 1. The highest BCUT2D eigenvalue weighted by molar-refractivity contribution is 5.76. The number of rotatable bonds is 6. The molecule has 1 fully saturated rings. The Labute approximate surface area is 166 Å². The minimum absolute atomic E-state index is 0.205. The molecule has 1 aliphatic carbocycles. The van der Waals surface area contributed by atoms with E-state index in [9.17, 15) is 9.18 Å². The number of hydrogen-bond donors (Lipinski definition) is 1. The summed E-state index contributed by atoms with van der Waals surface area (Å²) >= 11 is 0. The van der Waals surface area contributed by atoms with E-state index in [0.29, 0.717) is 36.0 Å². The third-order valence-electron chi connectivity index (χ3n) is 5.22. The number of benzene rings is 2. The molecule has 0 amide bonds. The molecule has 2 heterocycles. The van der Waals surface area contributed by atoms with Crippen LogP contribution in [0.3, 0.4) is 0 Å². The molecule has 0 atom stereocenters. The lowest BCUT2D eigenvalue weighted by molar-refractivity contribution is 0.624. The van der Waals surface area contributed by atoms with Crippen molar-refractivity contribution >= 4 is 17.0 Å². The fourth-order valence-corrected chi connectivity index (χ4v) is 3.59. The Balaban J connectivity index is 1.51. The van der Waals surface area contributed by atoms with Crippen molar-refractivity contribution in [3.63, 3.8) is 0 Å². The van der Waals surface area contributed by atoms with Gasteiger partial charge in [0.15, 0.2) is 5.65 Å². The number of nitrogens with one attached hydrogen (secondary N) is 1. The molecule has 6 nitrogen and oxygen atoms in total. The molecule has 146 valence electrons. The SMILES string of the molecule is O=c1[nH]c(N(CCc2cccc(F)c2)C2CC2)nc2c1cnn2-c1ccccc1. The zero-order chi connectivity index (χ0) is 19.8. The Hall–Kier alpha value is -3.48. The third kappa shape index (κ3) is 3.51. The smallest absolute Gasteiger partial charge is 0.263 e. The van der Waals surface area contributed by atoms with Crippen LogP contribution >= 0.6 is 0 Å². The molecule has 1 saturated carbocycles. The zero-order valence-electron chi connectivity index (χ0n) is 15.8. The largest absolute Gasteiger partial charge is 0.339 e. The van der Waals surface area contributed by atoms with Gasteiger partial charge in [-0.05, 0) is 49.1 Å². The summed E-state index contributed by atoms with van der Waals surface area (Å²) in [5, 5.41) is 4.82. The second kappa shape index (κ2) is 7.16. The minimum Gasteiger partial charge on any atom is -0.339 e. The standard InChI is InChI=1S/C22H20FN5O/c23-16-6-4-5-15(13-16)11-12-27(17-9-10-17)22-25-20-19(21(29)26-22)14-24-28(20)18-7-2-1-3-8-18/h1-8,13-14,17H,9-12H2,(H,25,26,29). The van der Waals surface area contributed by atoms with Crippen LogP contribution < -0.4 is 10.5 Å². The number of H-pyrrole nitrogens is 1. The Morgan fingerprint density at radius 2 is 1.97 bits per heavy atom. The van der Waals surface area contributed by atoms with Crippen molar-refractivity contribution < 1.29 is 4.39 Å². The fraction of sp³-hybridized carbons (Fsp3) is 0.227. The molecule has 0 spiro atoms. The highest BCUT2D eigenvalue weighted by Crippen LogP contribution is 2.30. The number of hydrogen-bond acceptors (Lipinski definition) is 4. The van der Waals surface area contributed by atoms with E-state index in [1.165, 1.54) is 6.07 Å². The van der Waals surface area contributed by atoms with Crippen LogP contribution in [0.4, 0.5) is 10.3 Å². The molecule has 7 heteroatoms. The normalized spacial score (nSPS) is 13.7. The van der Waals surface area contributed by atoms with Crippen molar-refractivity contribution in [2.45, 2.75) is 25.3 Å². The summed E-state index contributed by atoms with van der Waals surface area (Å²) in [6.07, 6.45) is 4.34. The Morgan fingerprint density at radius 1 is 1.14 bits per heavy atom. The topological polar surface area (TPSA) is 66.8 Å². The van der Waals surface area contributed by atoms with Crippen LogP contribution in [-0.2, 0) is 6.42 Å². The van der Waals surface area contributed by atoms with E-state index in [4.69, 9.17) is 4.98 Å². The molecular formula is C22H20FN5O. The van der Waals surface area contributed by atoms with Gasteiger partial charge in [0.25, 0.3) is 5.56 Å². The summed E-state index contributed by atoms with van der Waals surface area (Å²) in [5.74, 6) is 0.305. The molecule has 1 aliphatic rings. The molecule has 2 aromatic carbocycles. The molecule has 5 rings (SSSR count). The molecule has 0 aliphatic heterocycles. The summed E-state index contributed by atoms with van der Waals surface area (Å²) in [6.45, 7) is 0.655. The summed E-state index contributed by atoms with van der Waals surface area (Å²) < 4.78 is 15.2. The highest BCUT2D eigenvalue weighted by Gasteiger charge is 2.31. The lowest BCUT2D eigenvalue weighted by atomic mass is 10.1. The van der Waals surface area contributed by atoms with Crippen molar-refractivity contribution in [1.82, 2.24) is 19.7 Å². The predicted octanol–water partition coefficient (Wildman–Crippen LogP) is 3.46. The van der Waals surface area contributed by atoms with Gasteiger partial charge >= 0.3 is 0 Å². The van der Waals surface area contributed by atoms with Gasteiger partial charge in [0.2, 0.25) is 5.95 Å². The summed E-state index contributed by atoms with van der Waals surface area (Å²) in [7, 11) is 0. The van der Waals surface area contributed by atoms with Gasteiger partial charge in [0.05, 0.1) is 11.9 Å². The number of anilines is 1. The van der Waals surface area contributed by atoms with Crippen molar-refractivity contribution in [3.05, 3.63) is 82.5 Å². The molecular weight excluding hydrogens is 369 g/mol. The highest BCUT2D eigenvalue weighted by atomic mass is 19.1. The first kappa shape index (κ1) is 17.6. The van der Waals surface area contributed by atoms with E-state index in [0.717, 1.165) is 24.1 Å². The van der Waals surface area contributed by atoms with E-state index in [1.54, 1.807) is 23.0 Å². The van der Waals surface area contributed by atoms with Crippen LogP contribution in [0.25, 0.3) is 16.7 Å². The van der Waals surface area contributed by atoms with Gasteiger partial charge in [-0.25, -0.2) is 9.07 Å². The number of fused-ring (bicyclic) bond motifs is 1. The van der Waals surface area contributed by atoms with Crippen LogP contribution in [0, 0.1) is 5.82 Å². The van der Waals surface area contributed by atoms with Gasteiger partial charge < -0.3 is 4.90 Å². The second-order valence-corrected chi connectivity index (χ2v) is 7.32. The third-order valence-corrected chi connectivity index (χ3v) is 5.22. The van der Waals surface area contributed by atoms with Crippen molar-refractivity contribution in [1.29, 1.82) is 0 Å². The fourth-order valence-electron chi connectivity index (χ4n) is 3.59. The van der Waals surface area contributed by atoms with Crippen molar-refractivity contribution in [2.24, 2.45) is 0 Å². The quantitative estimate of drug-likeness (QED) is 0.548. The molecule has 2 aromatic heterocycles. The predicted molar refractivity (Wildman–Crippen MR) is 110 cm³/mol. The maximum absolute atomic E-state index is 13.5. The summed E-state index contributed by atoms with van der Waals surface area (Å²) in [4.78, 5) is 22.5. The molecule has 0 radical (unpaired) electrons. The lowest BCUT2D eigenvalue weighted by Crippen LogP contribution is -2.31. The van der Waals surface area contributed by atoms with Crippen molar-refractivity contribution in [3.8, 4) is 5.69 Å². The zero-order valence-corrected chi connectivity index (χ0v) is 15.8. The minimum atomic E-state index is -0.236. The molecule has 1 N–H and O–H groups in total. The number of halogens is 1. The maximum atomic E-state index is 13.5. The Morgan fingerprint density at radius 3 is 2.72 bits per heavy atom. The Bertz CT molecular complexity index is 1210. The van der Waals surface area contributed by atoms with E-state index in [1.807, 2.05) is 36.4 Å². The van der Waals surface area contributed by atoms with Gasteiger partial charge in [-0.2, -0.15) is 10.1 Å². The van der Waals surface area contributed by atoms with Gasteiger partial charge in [-0.1, -0.05) is 30.3 Å². The van der Waals surface area contributed by atoms with Gasteiger partial charge in [-0.3, -0.25) is 9.78 Å². The molecule has 29 heavy (non-hydrogen) atoms. The molecule has 4 aromatic rings. The van der Waals surface area contributed by atoms with Gasteiger partial charge in [0, 0.05) is 12.6 Å². The Kier molecular flexibility index (Phi) is 4.35. The molecule has 0 saturated heterocycles. The van der Waals surface area contributed by atoms with Crippen LogP contribution in [-0.4, -0.2) is 32.3 Å². The summed E-state index contributed by atoms with van der Waals surface area (Å²) in [5.41, 5.74) is 2.10. The summed E-state index contributed by atoms with van der Waals surface area (Å²) in [6, 6.07) is 16.6. The first-order valence-electron chi connectivity index (χ1n) is 9.73. The van der Waals surface area contributed by atoms with Gasteiger partial charge in [0.1, 0.15) is 11.2 Å². The first-order valence-corrected chi connectivity index (χ1v) is 9.73. The number of nitrogens with zero attached hydrogens (tertiary/aromatic N) is 4. The molecule has 0 bridgehead atoms. The monoisotopic (exact) mass is 389 g/mol. The number of aromatic nitrogens is 4. The first-order chi connectivity index (χ1) is 14.2. The second-order valence-electron chi connectivity index (χ2n) is 7.32. The van der Waals surface area contributed by atoms with E-state index >= 15 is 0 Å². The van der Waals surface area contributed by atoms with E-state index in [2.05, 4.69) is 15.0 Å². The maximum Gasteiger partial charge on any atom is 0.263 e. The van der Waals surface area contributed by atoms with E-state index < -0.39 is 0 Å². The average molecular weight is 389 g/mol. The van der Waals surface area contributed by atoms with Crippen LogP contribution in [0.15, 0.2) is 65.6 Å². The van der Waals surface area contributed by atoms with Crippen LogP contribution in [0.2, 0.25) is 0 Å². The molecule has 0 unspecified atom stereocenters. The van der Waals surface area contributed by atoms with Crippen LogP contribution in [0.1, 0.15) is 18.4 Å².